The molecule has 3 rings (SSSR count). The van der Waals surface area contributed by atoms with Gasteiger partial charge >= 0.3 is 12.0 Å². The van der Waals surface area contributed by atoms with Crippen molar-refractivity contribution < 1.29 is 14.7 Å². The maximum absolute atomic E-state index is 12.5. The Morgan fingerprint density at radius 2 is 2.03 bits per heavy atom. The van der Waals surface area contributed by atoms with Crippen LogP contribution < -0.4 is 10.2 Å². The fourth-order valence-electron chi connectivity index (χ4n) is 3.53. The van der Waals surface area contributed by atoms with E-state index < -0.39 is 5.97 Å². The number of hydrogen-bond donors (Lipinski definition) is 2. The third-order valence-corrected chi connectivity index (χ3v) is 6.79. The van der Waals surface area contributed by atoms with E-state index in [0.29, 0.717) is 13.0 Å². The quantitative estimate of drug-likeness (QED) is 0.450. The summed E-state index contributed by atoms with van der Waals surface area (Å²) < 4.78 is 0. The molecule has 6 heteroatoms. The van der Waals surface area contributed by atoms with Gasteiger partial charge in [-0.1, -0.05) is 31.9 Å². The summed E-state index contributed by atoms with van der Waals surface area (Å²) in [5.74, 6) is -0.00677. The fourth-order valence-corrected chi connectivity index (χ4v) is 4.72. The Morgan fingerprint density at radius 1 is 1.23 bits per heavy atom. The molecule has 0 saturated heterocycles. The van der Waals surface area contributed by atoms with E-state index in [1.807, 2.05) is 12.1 Å². The van der Waals surface area contributed by atoms with E-state index in [1.165, 1.54) is 23.3 Å². The first-order chi connectivity index (χ1) is 14.5. The number of nitrogens with one attached hydrogen (secondary N) is 1. The number of aliphatic carboxylic acids is 1. The minimum Gasteiger partial charge on any atom is -0.481 e. The third kappa shape index (κ3) is 6.33. The second kappa shape index (κ2) is 10.6. The molecule has 1 aromatic heterocycles. The number of carboxylic acid groups (broad SMARTS) is 1. The molecule has 1 saturated carbocycles. The number of hydrogen-bond acceptors (Lipinski definition) is 3. The highest BCUT2D eigenvalue weighted by Crippen LogP contribution is 2.40. The van der Waals surface area contributed by atoms with Gasteiger partial charge in [0.05, 0.1) is 6.42 Å². The summed E-state index contributed by atoms with van der Waals surface area (Å²) in [5.41, 5.74) is 3.27. The number of aryl methyl sites for hydroxylation is 1. The van der Waals surface area contributed by atoms with Gasteiger partial charge in [0, 0.05) is 29.0 Å². The van der Waals surface area contributed by atoms with Gasteiger partial charge < -0.3 is 10.4 Å². The fraction of sp³-hybridized carbons (Fsp3) is 0.500. The zero-order chi connectivity index (χ0) is 21.5. The molecule has 1 heterocycles. The Hall–Kier alpha value is -2.34. The lowest BCUT2D eigenvalue weighted by Gasteiger charge is -2.19. The van der Waals surface area contributed by atoms with E-state index in [4.69, 9.17) is 5.11 Å². The summed E-state index contributed by atoms with van der Waals surface area (Å²) in [6, 6.07) is 10.2. The van der Waals surface area contributed by atoms with E-state index >= 15 is 0 Å². The van der Waals surface area contributed by atoms with Gasteiger partial charge in [0.25, 0.3) is 0 Å². The molecule has 1 aromatic carbocycles. The Kier molecular flexibility index (Phi) is 7.91. The molecule has 5 nitrogen and oxygen atoms in total. The van der Waals surface area contributed by atoms with Crippen LogP contribution >= 0.6 is 11.3 Å². The summed E-state index contributed by atoms with van der Waals surface area (Å²) in [6.07, 6.45) is 7.58. The van der Waals surface area contributed by atoms with Crippen molar-refractivity contribution in [2.24, 2.45) is 5.92 Å². The molecule has 1 aliphatic rings. The van der Waals surface area contributed by atoms with E-state index in [-0.39, 0.29) is 12.5 Å². The Morgan fingerprint density at radius 3 is 2.73 bits per heavy atom. The SMILES string of the molecule is CCCCCNC(=O)N(C)c1cccc(-c2sc(CCC(=O)O)cc2CC2CC2)c1. The van der Waals surface area contributed by atoms with Crippen LogP contribution in [0.1, 0.15) is 55.9 Å². The Labute approximate surface area is 183 Å². The Bertz CT molecular complexity index is 873. The molecule has 1 aliphatic carbocycles. The average molecular weight is 429 g/mol. The number of urea groups is 1. The summed E-state index contributed by atoms with van der Waals surface area (Å²) in [4.78, 5) is 27.5. The third-order valence-electron chi connectivity index (χ3n) is 5.51. The van der Waals surface area contributed by atoms with Crippen LogP contribution in [0.3, 0.4) is 0 Å². The van der Waals surface area contributed by atoms with Crippen LogP contribution in [0.4, 0.5) is 10.5 Å². The largest absolute Gasteiger partial charge is 0.481 e. The van der Waals surface area contributed by atoms with E-state index in [0.717, 1.165) is 47.7 Å². The first-order valence-corrected chi connectivity index (χ1v) is 11.7. The monoisotopic (exact) mass is 428 g/mol. The Balaban J connectivity index is 1.76. The van der Waals surface area contributed by atoms with Crippen molar-refractivity contribution in [3.05, 3.63) is 40.8 Å². The van der Waals surface area contributed by atoms with Crippen molar-refractivity contribution in [3.63, 3.8) is 0 Å². The molecule has 2 aromatic rings. The molecule has 0 atom stereocenters. The van der Waals surface area contributed by atoms with Crippen molar-refractivity contribution >= 4 is 29.0 Å². The van der Waals surface area contributed by atoms with Crippen LogP contribution in [0, 0.1) is 5.92 Å². The average Bonchev–Trinajstić information content (AvgIpc) is 3.46. The van der Waals surface area contributed by atoms with E-state index in [2.05, 4.69) is 30.4 Å². The lowest BCUT2D eigenvalue weighted by Crippen LogP contribution is -2.37. The lowest BCUT2D eigenvalue weighted by molar-refractivity contribution is -0.136. The zero-order valence-electron chi connectivity index (χ0n) is 17.9. The number of nitrogens with zero attached hydrogens (tertiary/aromatic N) is 1. The minimum atomic E-state index is -0.762. The van der Waals surface area contributed by atoms with Gasteiger partial charge in [-0.25, -0.2) is 4.79 Å². The smallest absolute Gasteiger partial charge is 0.321 e. The lowest BCUT2D eigenvalue weighted by atomic mass is 10.0. The van der Waals surface area contributed by atoms with Gasteiger partial charge in [0.15, 0.2) is 0 Å². The predicted octanol–water partition coefficient (Wildman–Crippen LogP) is 5.72. The minimum absolute atomic E-state index is 0.0882. The molecule has 30 heavy (non-hydrogen) atoms. The highest BCUT2D eigenvalue weighted by atomic mass is 32.1. The zero-order valence-corrected chi connectivity index (χ0v) is 18.8. The first kappa shape index (κ1) is 22.3. The molecule has 0 radical (unpaired) electrons. The number of carboxylic acids is 1. The molecule has 0 bridgehead atoms. The predicted molar refractivity (Wildman–Crippen MR) is 123 cm³/mol. The van der Waals surface area contributed by atoms with Gasteiger partial charge in [-0.05, 0) is 67.3 Å². The molecular weight excluding hydrogens is 396 g/mol. The summed E-state index contributed by atoms with van der Waals surface area (Å²) in [5, 5.41) is 12.0. The van der Waals surface area contributed by atoms with Gasteiger partial charge in [-0.3, -0.25) is 9.69 Å². The van der Waals surface area contributed by atoms with Gasteiger partial charge in [-0.2, -0.15) is 0 Å². The summed E-state index contributed by atoms with van der Waals surface area (Å²) in [6.45, 7) is 2.84. The van der Waals surface area contributed by atoms with Crippen LogP contribution in [-0.4, -0.2) is 30.7 Å². The maximum atomic E-state index is 12.5. The number of carbonyl (C=O) groups is 2. The van der Waals surface area contributed by atoms with E-state index in [9.17, 15) is 9.59 Å². The van der Waals surface area contributed by atoms with Crippen LogP contribution in [0.2, 0.25) is 0 Å². The standard InChI is InChI=1S/C24H32N2O3S/c1-3-4-5-13-25-24(29)26(2)20-8-6-7-18(15-20)23-19(14-17-9-10-17)16-21(30-23)11-12-22(27)28/h6-8,15-17H,3-5,9-14H2,1-2H3,(H,25,29)(H,27,28). The second-order valence-corrected chi connectivity index (χ2v) is 9.29. The number of carbonyl (C=O) groups excluding carboxylic acids is 1. The summed E-state index contributed by atoms with van der Waals surface area (Å²) in [7, 11) is 1.80. The van der Waals surface area contributed by atoms with Gasteiger partial charge in [-0.15, -0.1) is 11.3 Å². The van der Waals surface area contributed by atoms with Crippen LogP contribution in [0.15, 0.2) is 30.3 Å². The second-order valence-electron chi connectivity index (χ2n) is 8.16. The van der Waals surface area contributed by atoms with Gasteiger partial charge in [0.2, 0.25) is 0 Å². The number of anilines is 1. The molecule has 0 unspecified atom stereocenters. The van der Waals surface area contributed by atoms with Crippen molar-refractivity contribution in [3.8, 4) is 10.4 Å². The highest BCUT2D eigenvalue weighted by molar-refractivity contribution is 7.15. The van der Waals surface area contributed by atoms with Crippen molar-refractivity contribution in [1.29, 1.82) is 0 Å². The van der Waals surface area contributed by atoms with Crippen LogP contribution in [0.25, 0.3) is 10.4 Å². The van der Waals surface area contributed by atoms with E-state index in [1.54, 1.807) is 23.3 Å². The van der Waals surface area contributed by atoms with Crippen molar-refractivity contribution in [2.75, 3.05) is 18.5 Å². The van der Waals surface area contributed by atoms with Crippen LogP contribution in [-0.2, 0) is 17.6 Å². The van der Waals surface area contributed by atoms with Crippen molar-refractivity contribution in [1.82, 2.24) is 5.32 Å². The van der Waals surface area contributed by atoms with Crippen molar-refractivity contribution in [2.45, 2.75) is 58.3 Å². The highest BCUT2D eigenvalue weighted by Gasteiger charge is 2.24. The van der Waals surface area contributed by atoms with Crippen LogP contribution in [0.5, 0.6) is 0 Å². The first-order valence-electron chi connectivity index (χ1n) is 10.9. The number of amides is 2. The molecule has 0 spiro atoms. The number of unbranched alkanes of at least 4 members (excludes halogenated alkanes) is 2. The number of rotatable bonds is 11. The summed E-state index contributed by atoms with van der Waals surface area (Å²) >= 11 is 1.69. The molecule has 162 valence electrons. The molecule has 2 amide bonds. The molecule has 1 fully saturated rings. The number of benzene rings is 1. The topological polar surface area (TPSA) is 69.6 Å². The maximum Gasteiger partial charge on any atom is 0.321 e. The van der Waals surface area contributed by atoms with Gasteiger partial charge in [0.1, 0.15) is 0 Å². The molecule has 0 aliphatic heterocycles. The molecular formula is C24H32N2O3S. The molecule has 2 N–H and O–H groups in total. The normalized spacial score (nSPS) is 13.3. The number of thiophene rings is 1.